The van der Waals surface area contributed by atoms with E-state index in [1.54, 1.807) is 0 Å². The molecule has 64 valence electrons. The third-order valence-electron chi connectivity index (χ3n) is 2.19. The molecule has 1 heteroatoms. The van der Waals surface area contributed by atoms with Crippen molar-refractivity contribution in [2.75, 3.05) is 13.1 Å². The molecule has 0 aromatic heterocycles. The summed E-state index contributed by atoms with van der Waals surface area (Å²) in [7, 11) is 0. The predicted molar refractivity (Wildman–Crippen MR) is 49.6 cm³/mol. The zero-order valence-electron chi connectivity index (χ0n) is 7.69. The van der Waals surface area contributed by atoms with E-state index < -0.39 is 0 Å². The molecule has 1 saturated heterocycles. The standard InChI is InChI=1S/C10H19N/c1-8(2)4-10-5-9(3)6-11-7-10/h8,10-11H,3-7H2,1-2H3. The van der Waals surface area contributed by atoms with Crippen LogP contribution in [0.2, 0.25) is 0 Å². The smallest absolute Gasteiger partial charge is 0.0162 e. The average molecular weight is 153 g/mol. The van der Waals surface area contributed by atoms with Gasteiger partial charge in [0.2, 0.25) is 0 Å². The van der Waals surface area contributed by atoms with Crippen LogP contribution in [0.3, 0.4) is 0 Å². The second kappa shape index (κ2) is 3.91. The minimum Gasteiger partial charge on any atom is -0.313 e. The number of nitrogens with one attached hydrogen (secondary N) is 1. The molecule has 0 aliphatic carbocycles. The number of rotatable bonds is 2. The van der Waals surface area contributed by atoms with Crippen molar-refractivity contribution in [1.82, 2.24) is 5.32 Å². The summed E-state index contributed by atoms with van der Waals surface area (Å²) in [6.45, 7) is 10.8. The van der Waals surface area contributed by atoms with E-state index in [1.165, 1.54) is 25.0 Å². The van der Waals surface area contributed by atoms with Crippen molar-refractivity contribution in [1.29, 1.82) is 0 Å². The molecule has 11 heavy (non-hydrogen) atoms. The van der Waals surface area contributed by atoms with E-state index in [4.69, 9.17) is 0 Å². The number of piperidine rings is 1. The lowest BCUT2D eigenvalue weighted by atomic mass is 9.89. The van der Waals surface area contributed by atoms with Gasteiger partial charge < -0.3 is 5.32 Å². The molecule has 1 rings (SSSR count). The van der Waals surface area contributed by atoms with Gasteiger partial charge in [-0.3, -0.25) is 0 Å². The summed E-state index contributed by atoms with van der Waals surface area (Å²) in [6.07, 6.45) is 2.58. The Hall–Kier alpha value is -0.300. The average Bonchev–Trinajstić information content (AvgIpc) is 1.85. The quantitative estimate of drug-likeness (QED) is 0.600. The topological polar surface area (TPSA) is 12.0 Å². The summed E-state index contributed by atoms with van der Waals surface area (Å²) in [6, 6.07) is 0. The van der Waals surface area contributed by atoms with Gasteiger partial charge in [0, 0.05) is 6.54 Å². The van der Waals surface area contributed by atoms with E-state index in [2.05, 4.69) is 25.7 Å². The van der Waals surface area contributed by atoms with Gasteiger partial charge in [-0.25, -0.2) is 0 Å². The molecular formula is C10H19N. The molecule has 0 saturated carbocycles. The fourth-order valence-corrected chi connectivity index (χ4v) is 1.84. The lowest BCUT2D eigenvalue weighted by molar-refractivity contribution is 0.362. The van der Waals surface area contributed by atoms with Crippen molar-refractivity contribution < 1.29 is 0 Å². The van der Waals surface area contributed by atoms with Gasteiger partial charge >= 0.3 is 0 Å². The fraction of sp³-hybridized carbons (Fsp3) is 0.800. The Morgan fingerprint density at radius 3 is 2.91 bits per heavy atom. The molecule has 0 radical (unpaired) electrons. The van der Waals surface area contributed by atoms with Crippen LogP contribution in [0.25, 0.3) is 0 Å². The molecule has 1 aliphatic heterocycles. The molecule has 1 fully saturated rings. The van der Waals surface area contributed by atoms with Crippen LogP contribution >= 0.6 is 0 Å². The first-order chi connectivity index (χ1) is 5.18. The Bertz CT molecular complexity index is 138. The highest BCUT2D eigenvalue weighted by Crippen LogP contribution is 2.20. The van der Waals surface area contributed by atoms with Gasteiger partial charge in [0.25, 0.3) is 0 Å². The van der Waals surface area contributed by atoms with Crippen LogP contribution in [-0.2, 0) is 0 Å². The lowest BCUT2D eigenvalue weighted by Gasteiger charge is -2.25. The van der Waals surface area contributed by atoms with E-state index in [1.807, 2.05) is 0 Å². The zero-order valence-corrected chi connectivity index (χ0v) is 7.69. The van der Waals surface area contributed by atoms with E-state index >= 15 is 0 Å². The first kappa shape index (κ1) is 8.79. The third-order valence-corrected chi connectivity index (χ3v) is 2.19. The highest BCUT2D eigenvalue weighted by atomic mass is 14.9. The summed E-state index contributed by atoms with van der Waals surface area (Å²) in [4.78, 5) is 0. The van der Waals surface area contributed by atoms with Crippen LogP contribution in [0, 0.1) is 11.8 Å². The molecular weight excluding hydrogens is 134 g/mol. The molecule has 1 heterocycles. The molecule has 0 amide bonds. The van der Waals surface area contributed by atoms with Gasteiger partial charge in [-0.1, -0.05) is 26.0 Å². The molecule has 1 atom stereocenters. The SMILES string of the molecule is C=C1CNCC(CC(C)C)C1. The Morgan fingerprint density at radius 2 is 2.36 bits per heavy atom. The Labute approximate surface area is 69.9 Å². The Kier molecular flexibility index (Phi) is 3.13. The minimum absolute atomic E-state index is 0.827. The minimum atomic E-state index is 0.827. The van der Waals surface area contributed by atoms with Crippen LogP contribution < -0.4 is 5.32 Å². The largest absolute Gasteiger partial charge is 0.313 e. The van der Waals surface area contributed by atoms with Crippen molar-refractivity contribution >= 4 is 0 Å². The summed E-state index contributed by atoms with van der Waals surface area (Å²) in [5, 5.41) is 3.39. The number of hydrogen-bond donors (Lipinski definition) is 1. The normalized spacial score (nSPS) is 26.1. The van der Waals surface area contributed by atoms with Crippen molar-refractivity contribution in [3.05, 3.63) is 12.2 Å². The van der Waals surface area contributed by atoms with E-state index in [0.29, 0.717) is 0 Å². The van der Waals surface area contributed by atoms with Crippen molar-refractivity contribution in [3.8, 4) is 0 Å². The van der Waals surface area contributed by atoms with Gasteiger partial charge in [-0.05, 0) is 31.2 Å². The maximum Gasteiger partial charge on any atom is 0.0162 e. The Balaban J connectivity index is 2.28. The zero-order chi connectivity index (χ0) is 8.27. The van der Waals surface area contributed by atoms with Crippen molar-refractivity contribution in [3.63, 3.8) is 0 Å². The molecule has 0 spiro atoms. The number of hydrogen-bond acceptors (Lipinski definition) is 1. The van der Waals surface area contributed by atoms with Crippen LogP contribution in [0.15, 0.2) is 12.2 Å². The summed E-state index contributed by atoms with van der Waals surface area (Å²) in [5.74, 6) is 1.67. The monoisotopic (exact) mass is 153 g/mol. The Morgan fingerprint density at radius 1 is 1.64 bits per heavy atom. The maximum atomic E-state index is 4.01. The first-order valence-corrected chi connectivity index (χ1v) is 4.56. The molecule has 1 unspecified atom stereocenters. The molecule has 0 aromatic rings. The van der Waals surface area contributed by atoms with Crippen LogP contribution in [0.4, 0.5) is 0 Å². The van der Waals surface area contributed by atoms with Gasteiger partial charge in [-0.15, -0.1) is 0 Å². The predicted octanol–water partition coefficient (Wildman–Crippen LogP) is 2.20. The summed E-state index contributed by atoms with van der Waals surface area (Å²) in [5.41, 5.74) is 1.38. The van der Waals surface area contributed by atoms with E-state index in [0.717, 1.165) is 18.4 Å². The molecule has 0 bridgehead atoms. The highest BCUT2D eigenvalue weighted by Gasteiger charge is 2.15. The molecule has 0 aromatic carbocycles. The fourth-order valence-electron chi connectivity index (χ4n) is 1.84. The summed E-state index contributed by atoms with van der Waals surface area (Å²) >= 11 is 0. The third kappa shape index (κ3) is 3.06. The second-order valence-corrected chi connectivity index (χ2v) is 4.08. The summed E-state index contributed by atoms with van der Waals surface area (Å²) < 4.78 is 0. The lowest BCUT2D eigenvalue weighted by Crippen LogP contribution is -2.31. The molecule has 1 N–H and O–H groups in total. The first-order valence-electron chi connectivity index (χ1n) is 4.56. The van der Waals surface area contributed by atoms with Crippen LogP contribution in [0.5, 0.6) is 0 Å². The van der Waals surface area contributed by atoms with Gasteiger partial charge in [0.05, 0.1) is 0 Å². The second-order valence-electron chi connectivity index (χ2n) is 4.08. The highest BCUT2D eigenvalue weighted by molar-refractivity contribution is 5.02. The van der Waals surface area contributed by atoms with E-state index in [-0.39, 0.29) is 0 Å². The van der Waals surface area contributed by atoms with Crippen molar-refractivity contribution in [2.45, 2.75) is 26.7 Å². The van der Waals surface area contributed by atoms with Crippen LogP contribution in [-0.4, -0.2) is 13.1 Å². The van der Waals surface area contributed by atoms with Gasteiger partial charge in [-0.2, -0.15) is 0 Å². The van der Waals surface area contributed by atoms with Crippen molar-refractivity contribution in [2.24, 2.45) is 11.8 Å². The van der Waals surface area contributed by atoms with Gasteiger partial charge in [0.15, 0.2) is 0 Å². The molecule has 1 aliphatic rings. The van der Waals surface area contributed by atoms with Gasteiger partial charge in [0.1, 0.15) is 0 Å². The maximum absolute atomic E-state index is 4.01. The van der Waals surface area contributed by atoms with Crippen LogP contribution in [0.1, 0.15) is 26.7 Å². The van der Waals surface area contributed by atoms with E-state index in [9.17, 15) is 0 Å². The molecule has 1 nitrogen and oxygen atoms in total.